The quantitative estimate of drug-likeness (QED) is 0.461. The third-order valence-corrected chi connectivity index (χ3v) is 7.28. The molecule has 0 radical (unpaired) electrons. The van der Waals surface area contributed by atoms with Gasteiger partial charge in [-0.2, -0.15) is 4.98 Å². The molecule has 0 saturated heterocycles. The maximum absolute atomic E-state index is 13.5. The van der Waals surface area contributed by atoms with Gasteiger partial charge in [-0.15, -0.1) is 0 Å². The van der Waals surface area contributed by atoms with Gasteiger partial charge in [-0.25, -0.2) is 8.42 Å². The van der Waals surface area contributed by atoms with Gasteiger partial charge in [0.1, 0.15) is 0 Å². The minimum Gasteiger partial charge on any atom is -0.334 e. The monoisotopic (exact) mass is 431 g/mol. The highest BCUT2D eigenvalue weighted by atomic mass is 32.2. The highest BCUT2D eigenvalue weighted by Crippen LogP contribution is 2.33. The van der Waals surface area contributed by atoms with Crippen LogP contribution in [0.25, 0.3) is 22.8 Å². The molecule has 4 aromatic rings. The minimum atomic E-state index is -3.71. The maximum atomic E-state index is 13.5. The molecule has 0 bridgehead atoms. The summed E-state index contributed by atoms with van der Waals surface area (Å²) in [5.41, 5.74) is 4.35. The van der Waals surface area contributed by atoms with Gasteiger partial charge in [0, 0.05) is 17.7 Å². The van der Waals surface area contributed by atoms with Crippen LogP contribution in [0.3, 0.4) is 0 Å². The predicted octanol–water partition coefficient (Wildman–Crippen LogP) is 4.85. The van der Waals surface area contributed by atoms with Crippen LogP contribution in [0.15, 0.2) is 82.2 Å². The van der Waals surface area contributed by atoms with Crippen LogP contribution in [0.4, 0.5) is 5.69 Å². The van der Waals surface area contributed by atoms with Crippen molar-refractivity contribution in [2.45, 2.75) is 24.7 Å². The summed E-state index contributed by atoms with van der Waals surface area (Å²) >= 11 is 0. The lowest BCUT2D eigenvalue weighted by Gasteiger charge is -2.30. The Hall–Kier alpha value is -3.45. The molecule has 0 spiro atoms. The first-order valence-electron chi connectivity index (χ1n) is 10.1. The number of anilines is 1. The third kappa shape index (κ3) is 3.61. The van der Waals surface area contributed by atoms with Crippen LogP contribution in [0, 0.1) is 6.92 Å². The van der Waals surface area contributed by atoms with E-state index in [0.29, 0.717) is 17.9 Å². The van der Waals surface area contributed by atoms with E-state index in [2.05, 4.69) is 10.1 Å². The SMILES string of the molecule is Cc1ccc(-c2noc(-c3cccc(S(=O)(=O)N4CCCc5ccccc54)c3)n2)cc1. The fourth-order valence-electron chi connectivity index (χ4n) is 3.83. The van der Waals surface area contributed by atoms with Gasteiger partial charge in [0.2, 0.25) is 5.82 Å². The van der Waals surface area contributed by atoms with Gasteiger partial charge in [0.15, 0.2) is 0 Å². The first-order valence-corrected chi connectivity index (χ1v) is 11.6. The summed E-state index contributed by atoms with van der Waals surface area (Å²) in [4.78, 5) is 4.67. The molecule has 0 aliphatic carbocycles. The zero-order valence-corrected chi connectivity index (χ0v) is 17.8. The Balaban J connectivity index is 1.49. The molecule has 0 saturated carbocycles. The number of aryl methyl sites for hydroxylation is 2. The second-order valence-electron chi connectivity index (χ2n) is 7.63. The lowest BCUT2D eigenvalue weighted by Crippen LogP contribution is -2.35. The smallest absolute Gasteiger partial charge is 0.264 e. The average Bonchev–Trinajstić information content (AvgIpc) is 3.29. The standard InChI is InChI=1S/C24H21N3O3S/c1-17-11-13-19(14-12-17)23-25-24(30-26-23)20-7-4-9-21(16-20)31(28,29)27-15-5-8-18-6-2-3-10-22(18)27/h2-4,6-7,9-14,16H,5,8,15H2,1H3. The lowest BCUT2D eigenvalue weighted by molar-refractivity contribution is 0.432. The second kappa shape index (κ2) is 7.67. The predicted molar refractivity (Wildman–Crippen MR) is 119 cm³/mol. The van der Waals surface area contributed by atoms with Crippen molar-refractivity contribution in [3.05, 3.63) is 83.9 Å². The zero-order chi connectivity index (χ0) is 21.4. The van der Waals surface area contributed by atoms with E-state index in [9.17, 15) is 8.42 Å². The molecule has 1 aliphatic rings. The van der Waals surface area contributed by atoms with Gasteiger partial charge in [-0.1, -0.05) is 59.3 Å². The second-order valence-corrected chi connectivity index (χ2v) is 9.49. The van der Waals surface area contributed by atoms with E-state index in [4.69, 9.17) is 4.52 Å². The van der Waals surface area contributed by atoms with Crippen molar-refractivity contribution in [3.8, 4) is 22.8 Å². The van der Waals surface area contributed by atoms with E-state index in [1.54, 1.807) is 24.3 Å². The highest BCUT2D eigenvalue weighted by molar-refractivity contribution is 7.92. The van der Waals surface area contributed by atoms with Crippen LogP contribution in [0.1, 0.15) is 17.5 Å². The summed E-state index contributed by atoms with van der Waals surface area (Å²) < 4.78 is 33.8. The molecule has 3 aromatic carbocycles. The molecule has 1 aromatic heterocycles. The van der Waals surface area contributed by atoms with E-state index in [1.807, 2.05) is 55.5 Å². The van der Waals surface area contributed by atoms with Crippen molar-refractivity contribution in [2.75, 3.05) is 10.8 Å². The first-order chi connectivity index (χ1) is 15.0. The van der Waals surface area contributed by atoms with Gasteiger partial charge >= 0.3 is 0 Å². The van der Waals surface area contributed by atoms with E-state index < -0.39 is 10.0 Å². The van der Waals surface area contributed by atoms with Crippen LogP contribution >= 0.6 is 0 Å². The molecule has 0 atom stereocenters. The Morgan fingerprint density at radius 2 is 1.74 bits per heavy atom. The zero-order valence-electron chi connectivity index (χ0n) is 17.0. The molecule has 0 unspecified atom stereocenters. The summed E-state index contributed by atoms with van der Waals surface area (Å²) in [6.07, 6.45) is 1.67. The molecule has 7 heteroatoms. The molecular weight excluding hydrogens is 410 g/mol. The Bertz CT molecular complexity index is 1340. The molecule has 2 heterocycles. The summed E-state index contributed by atoms with van der Waals surface area (Å²) in [5.74, 6) is 0.750. The number of fused-ring (bicyclic) bond motifs is 1. The Morgan fingerprint density at radius 3 is 2.58 bits per heavy atom. The van der Waals surface area contributed by atoms with Crippen LogP contribution in [0.5, 0.6) is 0 Å². The normalized spacial score (nSPS) is 13.8. The summed E-state index contributed by atoms with van der Waals surface area (Å²) in [6, 6.07) is 22.2. The molecule has 6 nitrogen and oxygen atoms in total. The van der Waals surface area contributed by atoms with Crippen LogP contribution < -0.4 is 4.31 Å². The number of sulfonamides is 1. The number of nitrogens with zero attached hydrogens (tertiary/aromatic N) is 3. The maximum Gasteiger partial charge on any atom is 0.264 e. The average molecular weight is 432 g/mol. The number of hydrogen-bond acceptors (Lipinski definition) is 5. The van der Waals surface area contributed by atoms with Crippen molar-refractivity contribution in [1.29, 1.82) is 0 Å². The molecule has 31 heavy (non-hydrogen) atoms. The summed E-state index contributed by atoms with van der Waals surface area (Å²) in [6.45, 7) is 2.47. The van der Waals surface area contributed by atoms with Crippen molar-refractivity contribution >= 4 is 15.7 Å². The number of para-hydroxylation sites is 1. The van der Waals surface area contributed by atoms with Gasteiger partial charge in [-0.05, 0) is 49.6 Å². The molecule has 0 amide bonds. The molecule has 0 fully saturated rings. The van der Waals surface area contributed by atoms with E-state index >= 15 is 0 Å². The number of hydrogen-bond donors (Lipinski definition) is 0. The fraction of sp³-hybridized carbons (Fsp3) is 0.167. The van der Waals surface area contributed by atoms with Crippen molar-refractivity contribution < 1.29 is 12.9 Å². The largest absolute Gasteiger partial charge is 0.334 e. The Kier molecular flexibility index (Phi) is 4.82. The number of aromatic nitrogens is 2. The molecular formula is C24H21N3O3S. The highest BCUT2D eigenvalue weighted by Gasteiger charge is 2.29. The van der Waals surface area contributed by atoms with Crippen LogP contribution in [-0.2, 0) is 16.4 Å². The minimum absolute atomic E-state index is 0.205. The summed E-state index contributed by atoms with van der Waals surface area (Å²) in [7, 11) is -3.71. The van der Waals surface area contributed by atoms with Gasteiger partial charge in [0.05, 0.1) is 10.6 Å². The Labute approximate surface area is 181 Å². The van der Waals surface area contributed by atoms with Crippen LogP contribution in [-0.4, -0.2) is 25.1 Å². The molecule has 156 valence electrons. The van der Waals surface area contributed by atoms with Crippen molar-refractivity contribution in [1.82, 2.24) is 10.1 Å². The van der Waals surface area contributed by atoms with Gasteiger partial charge < -0.3 is 4.52 Å². The number of benzene rings is 3. The first kappa shape index (κ1) is 19.5. The van der Waals surface area contributed by atoms with Crippen molar-refractivity contribution in [3.63, 3.8) is 0 Å². The molecule has 0 N–H and O–H groups in total. The lowest BCUT2D eigenvalue weighted by atomic mass is 10.0. The Morgan fingerprint density at radius 1 is 0.935 bits per heavy atom. The summed E-state index contributed by atoms with van der Waals surface area (Å²) in [5, 5.41) is 4.06. The van der Waals surface area contributed by atoms with Gasteiger partial charge in [-0.3, -0.25) is 4.31 Å². The fourth-order valence-corrected chi connectivity index (χ4v) is 5.41. The van der Waals surface area contributed by atoms with Crippen LogP contribution in [0.2, 0.25) is 0 Å². The molecule has 5 rings (SSSR count). The van der Waals surface area contributed by atoms with Gasteiger partial charge in [0.25, 0.3) is 15.9 Å². The topological polar surface area (TPSA) is 76.3 Å². The van der Waals surface area contributed by atoms with E-state index in [-0.39, 0.29) is 10.8 Å². The number of rotatable bonds is 4. The van der Waals surface area contributed by atoms with E-state index in [0.717, 1.165) is 35.2 Å². The van der Waals surface area contributed by atoms with E-state index in [1.165, 1.54) is 4.31 Å². The molecule has 1 aliphatic heterocycles. The van der Waals surface area contributed by atoms with Crippen molar-refractivity contribution in [2.24, 2.45) is 0 Å². The third-order valence-electron chi connectivity index (χ3n) is 5.47.